The molecule has 2 nitrogen and oxygen atoms in total. The largest absolute Gasteiger partial charge is 0.494 e. The van der Waals surface area contributed by atoms with Crippen LogP contribution in [-0.2, 0) is 9.31 Å². The van der Waals surface area contributed by atoms with Gasteiger partial charge < -0.3 is 9.31 Å². The van der Waals surface area contributed by atoms with Crippen LogP contribution >= 0.6 is 15.9 Å². The van der Waals surface area contributed by atoms with Crippen molar-refractivity contribution >= 4 is 28.5 Å². The smallest absolute Gasteiger partial charge is 0.405 e. The summed E-state index contributed by atoms with van der Waals surface area (Å²) in [6.07, 6.45) is 1.16. The summed E-state index contributed by atoms with van der Waals surface area (Å²) in [5.74, 6) is 0. The van der Waals surface area contributed by atoms with E-state index in [4.69, 9.17) is 9.31 Å². The third-order valence-electron chi connectivity index (χ3n) is 2.70. The van der Waals surface area contributed by atoms with Crippen molar-refractivity contribution in [2.24, 2.45) is 0 Å². The zero-order valence-electron chi connectivity index (χ0n) is 9.87. The molecule has 1 atom stereocenters. The van der Waals surface area contributed by atoms with Crippen molar-refractivity contribution in [1.29, 1.82) is 0 Å². The fraction of sp³-hybridized carbons (Fsp3) is 0.500. The molecule has 0 amide bonds. The monoisotopic (exact) mass is 282 g/mol. The third kappa shape index (κ3) is 2.87. The lowest BCUT2D eigenvalue weighted by Gasteiger charge is -2.38. The van der Waals surface area contributed by atoms with Crippen LogP contribution in [0.5, 0.6) is 0 Å². The van der Waals surface area contributed by atoms with Crippen molar-refractivity contribution in [1.82, 2.24) is 0 Å². The Morgan fingerprint density at radius 2 is 1.94 bits per heavy atom. The SMILES string of the molecule is C[C@@H]1CC(C)(C)OB(c2ccc(Br)cc2)O1. The fourth-order valence-electron chi connectivity index (χ4n) is 2.08. The summed E-state index contributed by atoms with van der Waals surface area (Å²) in [6, 6.07) is 8.08. The molecule has 0 unspecified atom stereocenters. The summed E-state index contributed by atoms with van der Waals surface area (Å²) >= 11 is 3.42. The van der Waals surface area contributed by atoms with E-state index in [9.17, 15) is 0 Å². The molecule has 4 heteroatoms. The third-order valence-corrected chi connectivity index (χ3v) is 3.23. The minimum Gasteiger partial charge on any atom is -0.405 e. The molecule has 2 rings (SSSR count). The second-order valence-corrected chi connectivity index (χ2v) is 5.83. The van der Waals surface area contributed by atoms with Crippen LogP contribution in [0.15, 0.2) is 28.7 Å². The highest BCUT2D eigenvalue weighted by molar-refractivity contribution is 9.10. The highest BCUT2D eigenvalue weighted by atomic mass is 79.9. The second-order valence-electron chi connectivity index (χ2n) is 4.91. The average molecular weight is 283 g/mol. The molecule has 16 heavy (non-hydrogen) atoms. The molecule has 0 bridgehead atoms. The number of rotatable bonds is 1. The van der Waals surface area contributed by atoms with Crippen molar-refractivity contribution in [2.45, 2.75) is 38.9 Å². The molecule has 1 saturated heterocycles. The minimum absolute atomic E-state index is 0.116. The van der Waals surface area contributed by atoms with Gasteiger partial charge in [0, 0.05) is 10.6 Å². The predicted octanol–water partition coefficient (Wildman–Crippen LogP) is 2.75. The van der Waals surface area contributed by atoms with Crippen molar-refractivity contribution in [3.8, 4) is 0 Å². The van der Waals surface area contributed by atoms with Crippen LogP contribution in [0.2, 0.25) is 0 Å². The molecule has 1 aromatic carbocycles. The Hall–Kier alpha value is -0.315. The van der Waals surface area contributed by atoms with Crippen molar-refractivity contribution in [3.05, 3.63) is 28.7 Å². The van der Waals surface area contributed by atoms with Gasteiger partial charge in [-0.25, -0.2) is 0 Å². The molecular weight excluding hydrogens is 267 g/mol. The van der Waals surface area contributed by atoms with Crippen molar-refractivity contribution < 1.29 is 9.31 Å². The zero-order chi connectivity index (χ0) is 11.8. The Balaban J connectivity index is 2.17. The summed E-state index contributed by atoms with van der Waals surface area (Å²) in [5, 5.41) is 0. The van der Waals surface area contributed by atoms with Crippen LogP contribution in [0.3, 0.4) is 0 Å². The first kappa shape index (κ1) is 12.2. The zero-order valence-corrected chi connectivity index (χ0v) is 11.5. The van der Waals surface area contributed by atoms with Gasteiger partial charge >= 0.3 is 7.12 Å². The number of hydrogen-bond donors (Lipinski definition) is 0. The van der Waals surface area contributed by atoms with Gasteiger partial charge in [0.05, 0.1) is 5.60 Å². The summed E-state index contributed by atoms with van der Waals surface area (Å²) in [6.45, 7) is 6.31. The van der Waals surface area contributed by atoms with E-state index >= 15 is 0 Å². The van der Waals surface area contributed by atoms with Crippen LogP contribution in [0.1, 0.15) is 27.2 Å². The van der Waals surface area contributed by atoms with E-state index < -0.39 is 0 Å². The van der Waals surface area contributed by atoms with E-state index in [2.05, 4.69) is 36.7 Å². The van der Waals surface area contributed by atoms with Gasteiger partial charge in [-0.1, -0.05) is 28.1 Å². The quantitative estimate of drug-likeness (QED) is 0.738. The average Bonchev–Trinajstić information content (AvgIpc) is 2.15. The Morgan fingerprint density at radius 1 is 1.31 bits per heavy atom. The molecule has 0 saturated carbocycles. The Morgan fingerprint density at radius 3 is 2.50 bits per heavy atom. The van der Waals surface area contributed by atoms with Crippen molar-refractivity contribution in [3.63, 3.8) is 0 Å². The predicted molar refractivity (Wildman–Crippen MR) is 69.9 cm³/mol. The first-order valence-corrected chi connectivity index (χ1v) is 6.34. The van der Waals surface area contributed by atoms with Crippen LogP contribution in [-0.4, -0.2) is 18.8 Å². The molecule has 1 heterocycles. The van der Waals surface area contributed by atoms with E-state index in [0.717, 1.165) is 16.4 Å². The van der Waals surface area contributed by atoms with Gasteiger partial charge in [-0.2, -0.15) is 0 Å². The summed E-state index contributed by atoms with van der Waals surface area (Å²) in [5.41, 5.74) is 0.956. The lowest BCUT2D eigenvalue weighted by molar-refractivity contribution is -0.0229. The maximum Gasteiger partial charge on any atom is 0.494 e. The molecule has 1 fully saturated rings. The molecule has 0 spiro atoms. The first-order valence-electron chi connectivity index (χ1n) is 5.55. The highest BCUT2D eigenvalue weighted by Gasteiger charge is 2.37. The summed E-state index contributed by atoms with van der Waals surface area (Å²) < 4.78 is 12.8. The molecule has 1 aliphatic heterocycles. The minimum atomic E-state index is -0.244. The van der Waals surface area contributed by atoms with Gasteiger partial charge in [-0.15, -0.1) is 0 Å². The van der Waals surface area contributed by atoms with Crippen LogP contribution in [0, 0.1) is 0 Å². The van der Waals surface area contributed by atoms with Gasteiger partial charge in [-0.05, 0) is 44.8 Å². The van der Waals surface area contributed by atoms with Gasteiger partial charge in [0.15, 0.2) is 0 Å². The Kier molecular flexibility index (Phi) is 3.43. The lowest BCUT2D eigenvalue weighted by atomic mass is 9.75. The van der Waals surface area contributed by atoms with E-state index in [1.165, 1.54) is 0 Å². The molecule has 0 N–H and O–H groups in total. The topological polar surface area (TPSA) is 18.5 Å². The molecule has 1 aromatic rings. The van der Waals surface area contributed by atoms with Gasteiger partial charge in [0.1, 0.15) is 0 Å². The van der Waals surface area contributed by atoms with E-state index in [1.807, 2.05) is 24.3 Å². The fourth-order valence-corrected chi connectivity index (χ4v) is 2.35. The van der Waals surface area contributed by atoms with Gasteiger partial charge in [-0.3, -0.25) is 0 Å². The first-order chi connectivity index (χ1) is 7.46. The lowest BCUT2D eigenvalue weighted by Crippen LogP contribution is -2.51. The normalized spacial score (nSPS) is 24.5. The van der Waals surface area contributed by atoms with E-state index in [0.29, 0.717) is 0 Å². The number of hydrogen-bond acceptors (Lipinski definition) is 2. The Bertz CT molecular complexity index is 364. The molecular formula is C12H16BBrO2. The van der Waals surface area contributed by atoms with Crippen LogP contribution in [0.25, 0.3) is 0 Å². The number of benzene rings is 1. The Labute approximate surface area is 106 Å². The molecule has 86 valence electrons. The standard InChI is InChI=1S/C12H16BBrO2/c1-9-8-12(2,3)16-13(15-9)10-4-6-11(14)7-5-10/h4-7,9H,8H2,1-3H3/t9-/m1/s1. The van der Waals surface area contributed by atoms with Crippen LogP contribution in [0.4, 0.5) is 0 Å². The van der Waals surface area contributed by atoms with E-state index in [1.54, 1.807) is 0 Å². The van der Waals surface area contributed by atoms with E-state index in [-0.39, 0.29) is 18.8 Å². The molecule has 0 aliphatic carbocycles. The summed E-state index contributed by atoms with van der Waals surface area (Å²) in [7, 11) is -0.244. The molecule has 0 aromatic heterocycles. The summed E-state index contributed by atoms with van der Waals surface area (Å²) in [4.78, 5) is 0. The van der Waals surface area contributed by atoms with Gasteiger partial charge in [0.2, 0.25) is 0 Å². The maximum absolute atomic E-state index is 5.93. The molecule has 0 radical (unpaired) electrons. The maximum atomic E-state index is 5.93. The number of halogens is 1. The van der Waals surface area contributed by atoms with Crippen LogP contribution < -0.4 is 5.46 Å². The molecule has 1 aliphatic rings. The van der Waals surface area contributed by atoms with Gasteiger partial charge in [0.25, 0.3) is 0 Å². The second kappa shape index (κ2) is 4.51. The highest BCUT2D eigenvalue weighted by Crippen LogP contribution is 2.25. The van der Waals surface area contributed by atoms with Crippen molar-refractivity contribution in [2.75, 3.05) is 0 Å².